The van der Waals surface area contributed by atoms with Gasteiger partial charge in [-0.05, 0) is 43.5 Å². The fourth-order valence-electron chi connectivity index (χ4n) is 1.82. The van der Waals surface area contributed by atoms with Crippen molar-refractivity contribution in [3.8, 4) is 5.75 Å². The molecule has 1 N–H and O–H groups in total. The monoisotopic (exact) mass is 235 g/mol. The van der Waals surface area contributed by atoms with Gasteiger partial charge in [-0.3, -0.25) is 0 Å². The van der Waals surface area contributed by atoms with E-state index in [0.29, 0.717) is 12.6 Å². The first-order chi connectivity index (χ1) is 7.86. The quantitative estimate of drug-likeness (QED) is 0.864. The van der Waals surface area contributed by atoms with Gasteiger partial charge >= 0.3 is 0 Å². The molecular formula is C15H25NO. The average molecular weight is 235 g/mol. The van der Waals surface area contributed by atoms with E-state index in [-0.39, 0.29) is 5.41 Å². The first-order valence-corrected chi connectivity index (χ1v) is 6.22. The fraction of sp³-hybridized carbons (Fsp3) is 0.600. The van der Waals surface area contributed by atoms with Gasteiger partial charge in [0, 0.05) is 6.04 Å². The van der Waals surface area contributed by atoms with E-state index in [1.165, 1.54) is 11.1 Å². The minimum Gasteiger partial charge on any atom is -0.492 e. The van der Waals surface area contributed by atoms with Crippen LogP contribution in [0, 0.1) is 19.3 Å². The molecular weight excluding hydrogens is 210 g/mol. The van der Waals surface area contributed by atoms with Crippen LogP contribution < -0.4 is 10.1 Å². The third-order valence-electron chi connectivity index (χ3n) is 3.35. The highest BCUT2D eigenvalue weighted by molar-refractivity contribution is 5.38. The van der Waals surface area contributed by atoms with Gasteiger partial charge in [0.25, 0.3) is 0 Å². The topological polar surface area (TPSA) is 21.3 Å². The lowest BCUT2D eigenvalue weighted by Gasteiger charge is -2.30. The predicted molar refractivity (Wildman–Crippen MR) is 73.7 cm³/mol. The third kappa shape index (κ3) is 3.74. The van der Waals surface area contributed by atoms with Gasteiger partial charge in [-0.15, -0.1) is 0 Å². The van der Waals surface area contributed by atoms with E-state index in [4.69, 9.17) is 4.74 Å². The van der Waals surface area contributed by atoms with Crippen LogP contribution in [0.5, 0.6) is 5.75 Å². The molecule has 1 unspecified atom stereocenters. The summed E-state index contributed by atoms with van der Waals surface area (Å²) in [6.07, 6.45) is 0. The average Bonchev–Trinajstić information content (AvgIpc) is 2.23. The zero-order valence-corrected chi connectivity index (χ0v) is 11.9. The van der Waals surface area contributed by atoms with Crippen molar-refractivity contribution in [1.82, 2.24) is 5.32 Å². The lowest BCUT2D eigenvalue weighted by atomic mass is 9.87. The van der Waals surface area contributed by atoms with Gasteiger partial charge < -0.3 is 10.1 Å². The SMILES string of the molecule is CNC(COc1cccc(C)c1C)C(C)(C)C. The molecule has 2 heteroatoms. The normalized spacial score (nSPS) is 13.5. The number of hydrogen-bond acceptors (Lipinski definition) is 2. The molecule has 1 rings (SSSR count). The number of rotatable bonds is 4. The molecule has 17 heavy (non-hydrogen) atoms. The smallest absolute Gasteiger partial charge is 0.122 e. The number of likely N-dealkylation sites (N-methyl/N-ethyl adjacent to an activating group) is 1. The maximum Gasteiger partial charge on any atom is 0.122 e. The molecule has 0 heterocycles. The Morgan fingerprint density at radius 3 is 2.41 bits per heavy atom. The number of aryl methyl sites for hydroxylation is 1. The van der Waals surface area contributed by atoms with Crippen LogP contribution in [0.1, 0.15) is 31.9 Å². The molecule has 0 aromatic heterocycles. The van der Waals surface area contributed by atoms with Crippen LogP contribution in [-0.2, 0) is 0 Å². The summed E-state index contributed by atoms with van der Waals surface area (Å²) in [5.41, 5.74) is 2.71. The summed E-state index contributed by atoms with van der Waals surface area (Å²) in [4.78, 5) is 0. The Labute approximate surface area is 105 Å². The van der Waals surface area contributed by atoms with E-state index in [0.717, 1.165) is 5.75 Å². The second kappa shape index (κ2) is 5.54. The summed E-state index contributed by atoms with van der Waals surface area (Å²) in [5.74, 6) is 0.995. The molecule has 0 bridgehead atoms. The number of nitrogens with one attached hydrogen (secondary N) is 1. The van der Waals surface area contributed by atoms with Gasteiger partial charge in [0.05, 0.1) is 0 Å². The summed E-state index contributed by atoms with van der Waals surface area (Å²) in [7, 11) is 1.99. The van der Waals surface area contributed by atoms with E-state index < -0.39 is 0 Å². The Morgan fingerprint density at radius 1 is 1.24 bits per heavy atom. The minimum atomic E-state index is 0.201. The van der Waals surface area contributed by atoms with Crippen molar-refractivity contribution in [2.24, 2.45) is 5.41 Å². The van der Waals surface area contributed by atoms with Gasteiger partial charge in [-0.1, -0.05) is 32.9 Å². The Morgan fingerprint density at radius 2 is 1.88 bits per heavy atom. The largest absolute Gasteiger partial charge is 0.492 e. The van der Waals surface area contributed by atoms with Crippen LogP contribution >= 0.6 is 0 Å². The van der Waals surface area contributed by atoms with E-state index in [2.05, 4.69) is 46.0 Å². The van der Waals surface area contributed by atoms with Crippen molar-refractivity contribution in [3.63, 3.8) is 0 Å². The van der Waals surface area contributed by atoms with Gasteiger partial charge in [-0.2, -0.15) is 0 Å². The van der Waals surface area contributed by atoms with Crippen LogP contribution in [0.15, 0.2) is 18.2 Å². The minimum absolute atomic E-state index is 0.201. The van der Waals surface area contributed by atoms with Crippen LogP contribution in [-0.4, -0.2) is 19.7 Å². The van der Waals surface area contributed by atoms with Crippen molar-refractivity contribution in [1.29, 1.82) is 0 Å². The Bertz CT molecular complexity index is 366. The van der Waals surface area contributed by atoms with E-state index in [1.807, 2.05) is 19.2 Å². The van der Waals surface area contributed by atoms with Gasteiger partial charge in [0.1, 0.15) is 12.4 Å². The molecule has 0 radical (unpaired) electrons. The molecule has 0 saturated heterocycles. The molecule has 1 aromatic carbocycles. The number of benzene rings is 1. The van der Waals surface area contributed by atoms with Crippen molar-refractivity contribution >= 4 is 0 Å². The molecule has 0 amide bonds. The Kier molecular flexibility index (Phi) is 4.58. The second-order valence-electron chi connectivity index (χ2n) is 5.72. The molecule has 1 aromatic rings. The molecule has 0 aliphatic rings. The fourth-order valence-corrected chi connectivity index (χ4v) is 1.82. The standard InChI is InChI=1S/C15H25NO/c1-11-8-7-9-13(12(11)2)17-10-14(16-6)15(3,4)5/h7-9,14,16H,10H2,1-6H3. The first kappa shape index (κ1) is 14.0. The van der Waals surface area contributed by atoms with Crippen molar-refractivity contribution in [3.05, 3.63) is 29.3 Å². The van der Waals surface area contributed by atoms with Gasteiger partial charge in [-0.25, -0.2) is 0 Å². The van der Waals surface area contributed by atoms with Crippen LogP contribution in [0.4, 0.5) is 0 Å². The third-order valence-corrected chi connectivity index (χ3v) is 3.35. The summed E-state index contributed by atoms with van der Waals surface area (Å²) in [5, 5.41) is 3.32. The van der Waals surface area contributed by atoms with Crippen LogP contribution in [0.2, 0.25) is 0 Å². The van der Waals surface area contributed by atoms with Crippen molar-refractivity contribution in [2.45, 2.75) is 40.7 Å². The summed E-state index contributed by atoms with van der Waals surface area (Å²) < 4.78 is 5.93. The first-order valence-electron chi connectivity index (χ1n) is 6.22. The molecule has 0 aliphatic heterocycles. The van der Waals surface area contributed by atoms with Gasteiger partial charge in [0.2, 0.25) is 0 Å². The zero-order chi connectivity index (χ0) is 13.1. The van der Waals surface area contributed by atoms with E-state index >= 15 is 0 Å². The van der Waals surface area contributed by atoms with Crippen molar-refractivity contribution in [2.75, 3.05) is 13.7 Å². The Balaban J connectivity index is 2.70. The lowest BCUT2D eigenvalue weighted by molar-refractivity contribution is 0.180. The predicted octanol–water partition coefficient (Wildman–Crippen LogP) is 3.32. The summed E-state index contributed by atoms with van der Waals surface area (Å²) in [6, 6.07) is 6.55. The maximum atomic E-state index is 5.93. The van der Waals surface area contributed by atoms with Gasteiger partial charge in [0.15, 0.2) is 0 Å². The molecule has 1 atom stereocenters. The highest BCUT2D eigenvalue weighted by Crippen LogP contribution is 2.23. The van der Waals surface area contributed by atoms with Crippen LogP contribution in [0.3, 0.4) is 0 Å². The molecule has 0 fully saturated rings. The summed E-state index contributed by atoms with van der Waals surface area (Å²) in [6.45, 7) is 11.6. The number of ether oxygens (including phenoxy) is 1. The summed E-state index contributed by atoms with van der Waals surface area (Å²) >= 11 is 0. The maximum absolute atomic E-state index is 5.93. The molecule has 0 spiro atoms. The lowest BCUT2D eigenvalue weighted by Crippen LogP contribution is -2.42. The molecule has 0 aliphatic carbocycles. The van der Waals surface area contributed by atoms with E-state index in [1.54, 1.807) is 0 Å². The highest BCUT2D eigenvalue weighted by atomic mass is 16.5. The Hall–Kier alpha value is -1.02. The molecule has 2 nitrogen and oxygen atoms in total. The molecule has 96 valence electrons. The second-order valence-corrected chi connectivity index (χ2v) is 5.72. The highest BCUT2D eigenvalue weighted by Gasteiger charge is 2.23. The molecule has 0 saturated carbocycles. The zero-order valence-electron chi connectivity index (χ0n) is 11.9. The van der Waals surface area contributed by atoms with E-state index in [9.17, 15) is 0 Å². The van der Waals surface area contributed by atoms with Crippen LogP contribution in [0.25, 0.3) is 0 Å². The van der Waals surface area contributed by atoms with Crippen molar-refractivity contribution < 1.29 is 4.74 Å². The number of hydrogen-bond donors (Lipinski definition) is 1.